The smallest absolute Gasteiger partial charge is 0.0168 e. The second kappa shape index (κ2) is 3.62. The highest BCUT2D eigenvalue weighted by atomic mass is 14.7. The zero-order valence-corrected chi connectivity index (χ0v) is 11.3. The first-order valence-electron chi connectivity index (χ1n) is 8.10. The highest BCUT2D eigenvalue weighted by molar-refractivity contribution is 5.20. The molecule has 4 saturated carbocycles. The maximum atomic E-state index is 2.59. The molecule has 0 aromatic carbocycles. The highest BCUT2D eigenvalue weighted by Gasteiger charge is 2.65. The van der Waals surface area contributed by atoms with Gasteiger partial charge in [0.2, 0.25) is 0 Å². The van der Waals surface area contributed by atoms with E-state index in [1.807, 2.05) is 13.8 Å². The number of hydrogen-bond acceptors (Lipinski definition) is 0. The Labute approximate surface area is 106 Å². The average molecular weight is 230 g/mol. The third kappa shape index (κ3) is 1.15. The summed E-state index contributed by atoms with van der Waals surface area (Å²) in [4.78, 5) is 0. The van der Waals surface area contributed by atoms with Crippen molar-refractivity contribution in [2.75, 3.05) is 0 Å². The van der Waals surface area contributed by atoms with Crippen LogP contribution in [0.3, 0.4) is 0 Å². The number of rotatable bonds is 0. The van der Waals surface area contributed by atoms with Gasteiger partial charge in [-0.3, -0.25) is 0 Å². The Morgan fingerprint density at radius 3 is 2.29 bits per heavy atom. The van der Waals surface area contributed by atoms with E-state index in [4.69, 9.17) is 0 Å². The minimum absolute atomic E-state index is 1.04. The lowest BCUT2D eigenvalue weighted by Crippen LogP contribution is -2.36. The van der Waals surface area contributed by atoms with Crippen molar-refractivity contribution in [2.45, 2.75) is 46.0 Å². The van der Waals surface area contributed by atoms with Crippen LogP contribution in [0, 0.1) is 47.3 Å². The van der Waals surface area contributed by atoms with Gasteiger partial charge in [0.1, 0.15) is 0 Å². The Balaban J connectivity index is 0.000000383. The molecule has 8 atom stereocenters. The van der Waals surface area contributed by atoms with Crippen molar-refractivity contribution in [1.82, 2.24) is 0 Å². The summed E-state index contributed by atoms with van der Waals surface area (Å²) in [6, 6.07) is 0. The summed E-state index contributed by atoms with van der Waals surface area (Å²) < 4.78 is 0. The summed E-state index contributed by atoms with van der Waals surface area (Å²) in [6.45, 7) is 4.00. The first-order valence-corrected chi connectivity index (χ1v) is 8.10. The molecule has 5 rings (SSSR count). The van der Waals surface area contributed by atoms with Crippen molar-refractivity contribution in [3.63, 3.8) is 0 Å². The Morgan fingerprint density at radius 2 is 1.53 bits per heavy atom. The van der Waals surface area contributed by atoms with Gasteiger partial charge in [-0.05, 0) is 79.4 Å². The summed E-state index contributed by atoms with van der Waals surface area (Å²) in [6.07, 6.45) is 13.0. The van der Waals surface area contributed by atoms with Gasteiger partial charge < -0.3 is 0 Å². The molecule has 0 aromatic rings. The van der Waals surface area contributed by atoms with Crippen LogP contribution >= 0.6 is 0 Å². The third-order valence-corrected chi connectivity index (χ3v) is 6.89. The summed E-state index contributed by atoms with van der Waals surface area (Å²) in [7, 11) is 0. The van der Waals surface area contributed by atoms with E-state index in [1.165, 1.54) is 30.1 Å². The molecule has 0 saturated heterocycles. The Bertz CT molecular complexity index is 342. The van der Waals surface area contributed by atoms with E-state index in [0.29, 0.717) is 0 Å². The highest BCUT2D eigenvalue weighted by Crippen LogP contribution is 2.71. The molecule has 0 nitrogen and oxygen atoms in total. The third-order valence-electron chi connectivity index (χ3n) is 6.89. The molecule has 17 heavy (non-hydrogen) atoms. The van der Waals surface area contributed by atoms with Crippen molar-refractivity contribution >= 4 is 0 Å². The minimum Gasteiger partial charge on any atom is -0.0879 e. The van der Waals surface area contributed by atoms with Crippen molar-refractivity contribution in [3.05, 3.63) is 12.2 Å². The molecule has 0 heteroatoms. The molecule has 0 amide bonds. The number of allylic oxidation sites excluding steroid dienone is 2. The van der Waals surface area contributed by atoms with Crippen LogP contribution in [-0.2, 0) is 0 Å². The fraction of sp³-hybridized carbons (Fsp3) is 0.882. The SMILES string of the molecule is C1=CC2C(C1)C1CC2C2C3CCC(C3)C12.CC. The van der Waals surface area contributed by atoms with Crippen LogP contribution in [0.4, 0.5) is 0 Å². The summed E-state index contributed by atoms with van der Waals surface area (Å²) in [5.41, 5.74) is 0. The lowest BCUT2D eigenvalue weighted by atomic mass is 9.64. The fourth-order valence-electron chi connectivity index (χ4n) is 6.77. The predicted molar refractivity (Wildman–Crippen MR) is 71.5 cm³/mol. The van der Waals surface area contributed by atoms with Crippen LogP contribution in [0.1, 0.15) is 46.0 Å². The molecular formula is C17H26. The van der Waals surface area contributed by atoms with Crippen molar-refractivity contribution in [1.29, 1.82) is 0 Å². The normalized spacial score (nSPS) is 60.1. The molecule has 4 bridgehead atoms. The van der Waals surface area contributed by atoms with E-state index < -0.39 is 0 Å². The quantitative estimate of drug-likeness (QED) is 0.424. The molecule has 0 heterocycles. The van der Waals surface area contributed by atoms with Crippen LogP contribution in [0.2, 0.25) is 0 Å². The molecular weight excluding hydrogens is 204 g/mol. The molecule has 5 aliphatic rings. The maximum absolute atomic E-state index is 2.59. The summed E-state index contributed by atoms with van der Waals surface area (Å²) in [5.74, 6) is 9.19. The second-order valence-corrected chi connectivity index (χ2v) is 6.96. The largest absolute Gasteiger partial charge is 0.0879 e. The van der Waals surface area contributed by atoms with Crippen molar-refractivity contribution in [3.8, 4) is 0 Å². The summed E-state index contributed by atoms with van der Waals surface area (Å²) in [5, 5.41) is 0. The van der Waals surface area contributed by atoms with E-state index in [0.717, 1.165) is 23.7 Å². The van der Waals surface area contributed by atoms with E-state index in [9.17, 15) is 0 Å². The van der Waals surface area contributed by atoms with Crippen molar-refractivity contribution < 1.29 is 0 Å². The first kappa shape index (κ1) is 10.6. The van der Waals surface area contributed by atoms with E-state index >= 15 is 0 Å². The molecule has 0 aliphatic heterocycles. The molecule has 0 N–H and O–H groups in total. The van der Waals surface area contributed by atoms with Gasteiger partial charge in [0, 0.05) is 0 Å². The topological polar surface area (TPSA) is 0 Å². The van der Waals surface area contributed by atoms with Gasteiger partial charge in [0.25, 0.3) is 0 Å². The van der Waals surface area contributed by atoms with Crippen LogP contribution < -0.4 is 0 Å². The minimum atomic E-state index is 1.04. The van der Waals surface area contributed by atoms with Gasteiger partial charge in [0.05, 0.1) is 0 Å². The first-order chi connectivity index (χ1) is 8.43. The van der Waals surface area contributed by atoms with Crippen LogP contribution in [0.5, 0.6) is 0 Å². The zero-order chi connectivity index (χ0) is 11.6. The monoisotopic (exact) mass is 230 g/mol. The van der Waals surface area contributed by atoms with Gasteiger partial charge in [-0.25, -0.2) is 0 Å². The lowest BCUT2D eigenvalue weighted by molar-refractivity contribution is 0.0823. The molecule has 0 aromatic heterocycles. The van der Waals surface area contributed by atoms with Crippen LogP contribution in [0.15, 0.2) is 12.2 Å². The Hall–Kier alpha value is -0.260. The van der Waals surface area contributed by atoms with Gasteiger partial charge in [-0.1, -0.05) is 26.0 Å². The number of fused-ring (bicyclic) bond motifs is 12. The van der Waals surface area contributed by atoms with Gasteiger partial charge in [0.15, 0.2) is 0 Å². The van der Waals surface area contributed by atoms with Crippen LogP contribution in [-0.4, -0.2) is 0 Å². The van der Waals surface area contributed by atoms with E-state index in [1.54, 1.807) is 25.7 Å². The van der Waals surface area contributed by atoms with Crippen molar-refractivity contribution in [2.24, 2.45) is 47.3 Å². The molecule has 5 aliphatic carbocycles. The maximum Gasteiger partial charge on any atom is -0.0168 e. The molecule has 8 unspecified atom stereocenters. The summed E-state index contributed by atoms with van der Waals surface area (Å²) >= 11 is 0. The molecule has 0 radical (unpaired) electrons. The van der Waals surface area contributed by atoms with Crippen LogP contribution in [0.25, 0.3) is 0 Å². The molecule has 94 valence electrons. The van der Waals surface area contributed by atoms with Gasteiger partial charge in [-0.2, -0.15) is 0 Å². The van der Waals surface area contributed by atoms with E-state index in [2.05, 4.69) is 12.2 Å². The molecule has 4 fully saturated rings. The van der Waals surface area contributed by atoms with Gasteiger partial charge in [-0.15, -0.1) is 0 Å². The zero-order valence-electron chi connectivity index (χ0n) is 11.3. The molecule has 0 spiro atoms. The standard InChI is InChI=1S/C15H20.C2H6/c1-2-10-11(3-1)13-7-12(10)14-8-4-5-9(6-8)15(13)14;1-2/h1-2,8-15H,3-7H2;1-2H3. The fourth-order valence-corrected chi connectivity index (χ4v) is 6.77. The van der Waals surface area contributed by atoms with E-state index in [-0.39, 0.29) is 0 Å². The second-order valence-electron chi connectivity index (χ2n) is 6.96. The van der Waals surface area contributed by atoms with Gasteiger partial charge >= 0.3 is 0 Å². The number of hydrogen-bond donors (Lipinski definition) is 0. The predicted octanol–water partition coefficient (Wildman–Crippen LogP) is 4.52. The Kier molecular flexibility index (Phi) is 2.27. The average Bonchev–Trinajstić information content (AvgIpc) is 3.14. The Morgan fingerprint density at radius 1 is 0.824 bits per heavy atom. The lowest BCUT2D eigenvalue weighted by Gasteiger charge is -2.40.